The monoisotopic (exact) mass is 345 g/mol. The van der Waals surface area contributed by atoms with Gasteiger partial charge < -0.3 is 20.3 Å². The van der Waals surface area contributed by atoms with Crippen LogP contribution >= 0.6 is 0 Å². The molecule has 2 aliphatic rings. The summed E-state index contributed by atoms with van der Waals surface area (Å²) in [5, 5.41) is 5.60. The van der Waals surface area contributed by atoms with Crippen LogP contribution in [0.4, 0.5) is 5.69 Å². The SMILES string of the molecule is COc1ccc(NC(=O)[C@H]2CCCN2C(=O)[C@@H]2CCC(=O)NC2)cc1. The van der Waals surface area contributed by atoms with Crippen LogP contribution < -0.4 is 15.4 Å². The van der Waals surface area contributed by atoms with Crippen LogP contribution in [0, 0.1) is 5.92 Å². The van der Waals surface area contributed by atoms with Crippen LogP contribution in [0.1, 0.15) is 25.7 Å². The number of piperidine rings is 1. The van der Waals surface area contributed by atoms with Gasteiger partial charge in [-0.25, -0.2) is 0 Å². The van der Waals surface area contributed by atoms with Crippen LogP contribution in [-0.2, 0) is 14.4 Å². The first kappa shape index (κ1) is 17.3. The first-order valence-corrected chi connectivity index (χ1v) is 8.60. The van der Waals surface area contributed by atoms with Crippen molar-refractivity contribution in [3.05, 3.63) is 24.3 Å². The molecule has 0 aliphatic carbocycles. The number of methoxy groups -OCH3 is 1. The van der Waals surface area contributed by atoms with Gasteiger partial charge in [-0.05, 0) is 43.5 Å². The number of amides is 3. The number of hydrogen-bond acceptors (Lipinski definition) is 4. The highest BCUT2D eigenvalue weighted by atomic mass is 16.5. The molecule has 0 saturated carbocycles. The zero-order valence-electron chi connectivity index (χ0n) is 14.3. The van der Waals surface area contributed by atoms with E-state index in [2.05, 4.69) is 10.6 Å². The zero-order valence-corrected chi connectivity index (χ0v) is 14.3. The van der Waals surface area contributed by atoms with E-state index in [0.717, 1.165) is 12.2 Å². The number of carbonyl (C=O) groups is 3. The van der Waals surface area contributed by atoms with Crippen molar-refractivity contribution in [2.45, 2.75) is 31.7 Å². The van der Waals surface area contributed by atoms with Crippen molar-refractivity contribution < 1.29 is 19.1 Å². The minimum atomic E-state index is -0.452. The summed E-state index contributed by atoms with van der Waals surface area (Å²) in [4.78, 5) is 38.3. The summed E-state index contributed by atoms with van der Waals surface area (Å²) < 4.78 is 5.10. The highest BCUT2D eigenvalue weighted by Gasteiger charge is 2.38. The fourth-order valence-electron chi connectivity index (χ4n) is 3.38. The summed E-state index contributed by atoms with van der Waals surface area (Å²) >= 11 is 0. The van der Waals surface area contributed by atoms with E-state index in [4.69, 9.17) is 4.74 Å². The van der Waals surface area contributed by atoms with Crippen LogP contribution in [0.15, 0.2) is 24.3 Å². The molecule has 0 radical (unpaired) electrons. The molecule has 7 heteroatoms. The summed E-state index contributed by atoms with van der Waals surface area (Å²) in [5.41, 5.74) is 0.676. The molecule has 0 aromatic heterocycles. The standard InChI is InChI=1S/C18H23N3O4/c1-25-14-7-5-13(6-8-14)20-17(23)15-3-2-10-21(15)18(24)12-4-9-16(22)19-11-12/h5-8,12,15H,2-4,9-11H2,1H3,(H,19,22)(H,20,23)/t12-,15-/m1/s1. The Bertz CT molecular complexity index is 649. The lowest BCUT2D eigenvalue weighted by molar-refractivity contribution is -0.141. The molecule has 134 valence electrons. The molecule has 3 amide bonds. The number of carbonyl (C=O) groups excluding carboxylic acids is 3. The van der Waals surface area contributed by atoms with E-state index >= 15 is 0 Å². The Labute approximate surface area is 146 Å². The van der Waals surface area contributed by atoms with Gasteiger partial charge in [-0.3, -0.25) is 14.4 Å². The number of ether oxygens (including phenoxy) is 1. The molecular weight excluding hydrogens is 322 g/mol. The zero-order chi connectivity index (χ0) is 17.8. The molecule has 0 unspecified atom stereocenters. The van der Waals surface area contributed by atoms with Crippen LogP contribution in [0.3, 0.4) is 0 Å². The minimum Gasteiger partial charge on any atom is -0.497 e. The van der Waals surface area contributed by atoms with Gasteiger partial charge in [-0.1, -0.05) is 0 Å². The number of rotatable bonds is 4. The summed E-state index contributed by atoms with van der Waals surface area (Å²) in [6.45, 7) is 0.949. The largest absolute Gasteiger partial charge is 0.497 e. The smallest absolute Gasteiger partial charge is 0.247 e. The Balaban J connectivity index is 1.62. The molecule has 2 saturated heterocycles. The van der Waals surface area contributed by atoms with Gasteiger partial charge in [0.05, 0.1) is 13.0 Å². The number of anilines is 1. The predicted molar refractivity (Wildman–Crippen MR) is 92.1 cm³/mol. The average molecular weight is 345 g/mol. The second-order valence-electron chi connectivity index (χ2n) is 6.45. The second-order valence-corrected chi connectivity index (χ2v) is 6.45. The number of nitrogens with zero attached hydrogens (tertiary/aromatic N) is 1. The first-order valence-electron chi connectivity index (χ1n) is 8.60. The Kier molecular flexibility index (Phi) is 5.21. The van der Waals surface area contributed by atoms with E-state index in [9.17, 15) is 14.4 Å². The Hall–Kier alpha value is -2.57. The third-order valence-electron chi connectivity index (χ3n) is 4.81. The molecular formula is C18H23N3O4. The third kappa shape index (κ3) is 3.92. The van der Waals surface area contributed by atoms with Gasteiger partial charge in [0.1, 0.15) is 11.8 Å². The van der Waals surface area contributed by atoms with E-state index in [-0.39, 0.29) is 23.6 Å². The van der Waals surface area contributed by atoms with E-state index in [1.54, 1.807) is 36.3 Å². The fourth-order valence-corrected chi connectivity index (χ4v) is 3.38. The van der Waals surface area contributed by atoms with Crippen molar-refractivity contribution in [2.24, 2.45) is 5.92 Å². The van der Waals surface area contributed by atoms with Gasteiger partial charge in [0.2, 0.25) is 17.7 Å². The molecule has 0 bridgehead atoms. The summed E-state index contributed by atoms with van der Waals surface area (Å²) in [5.74, 6) is 0.268. The molecule has 2 fully saturated rings. The lowest BCUT2D eigenvalue weighted by Crippen LogP contribution is -2.49. The fraction of sp³-hybridized carbons (Fsp3) is 0.500. The average Bonchev–Trinajstić information content (AvgIpc) is 3.12. The first-order chi connectivity index (χ1) is 12.1. The second kappa shape index (κ2) is 7.55. The third-order valence-corrected chi connectivity index (χ3v) is 4.81. The lowest BCUT2D eigenvalue weighted by Gasteiger charge is -2.30. The van der Waals surface area contributed by atoms with E-state index in [0.29, 0.717) is 38.0 Å². The topological polar surface area (TPSA) is 87.7 Å². The van der Waals surface area contributed by atoms with Crippen molar-refractivity contribution in [1.29, 1.82) is 0 Å². The molecule has 2 aliphatic heterocycles. The van der Waals surface area contributed by atoms with Crippen LogP contribution in [-0.4, -0.2) is 48.9 Å². The molecule has 2 heterocycles. The maximum atomic E-state index is 12.7. The van der Waals surface area contributed by atoms with Crippen molar-refractivity contribution in [1.82, 2.24) is 10.2 Å². The Morgan fingerprint density at radius 3 is 2.64 bits per heavy atom. The minimum absolute atomic E-state index is 0.0146. The summed E-state index contributed by atoms with van der Waals surface area (Å²) in [6.07, 6.45) is 2.39. The molecule has 0 spiro atoms. The number of hydrogen-bond donors (Lipinski definition) is 2. The van der Waals surface area contributed by atoms with Crippen LogP contribution in [0.25, 0.3) is 0 Å². The molecule has 1 aromatic carbocycles. The molecule has 2 atom stereocenters. The van der Waals surface area contributed by atoms with Gasteiger partial charge in [0.25, 0.3) is 0 Å². The lowest BCUT2D eigenvalue weighted by atomic mass is 9.97. The quantitative estimate of drug-likeness (QED) is 0.857. The summed E-state index contributed by atoms with van der Waals surface area (Å²) in [7, 11) is 1.59. The van der Waals surface area contributed by atoms with Crippen molar-refractivity contribution in [3.63, 3.8) is 0 Å². The number of likely N-dealkylation sites (tertiary alicyclic amines) is 1. The highest BCUT2D eigenvalue weighted by Crippen LogP contribution is 2.24. The van der Waals surface area contributed by atoms with Crippen molar-refractivity contribution in [3.8, 4) is 5.75 Å². The van der Waals surface area contributed by atoms with Gasteiger partial charge in [-0.15, -0.1) is 0 Å². The highest BCUT2D eigenvalue weighted by molar-refractivity contribution is 5.98. The van der Waals surface area contributed by atoms with Gasteiger partial charge in [-0.2, -0.15) is 0 Å². The van der Waals surface area contributed by atoms with Crippen molar-refractivity contribution in [2.75, 3.05) is 25.5 Å². The predicted octanol–water partition coefficient (Wildman–Crippen LogP) is 1.15. The molecule has 7 nitrogen and oxygen atoms in total. The maximum absolute atomic E-state index is 12.7. The van der Waals surface area contributed by atoms with E-state index in [1.807, 2.05) is 0 Å². The van der Waals surface area contributed by atoms with Gasteiger partial charge >= 0.3 is 0 Å². The number of nitrogens with one attached hydrogen (secondary N) is 2. The van der Waals surface area contributed by atoms with Crippen molar-refractivity contribution >= 4 is 23.4 Å². The molecule has 1 aromatic rings. The van der Waals surface area contributed by atoms with Crippen LogP contribution in [0.5, 0.6) is 5.75 Å². The molecule has 25 heavy (non-hydrogen) atoms. The van der Waals surface area contributed by atoms with E-state index < -0.39 is 6.04 Å². The van der Waals surface area contributed by atoms with Gasteiger partial charge in [0.15, 0.2) is 0 Å². The number of benzene rings is 1. The normalized spacial score (nSPS) is 23.1. The van der Waals surface area contributed by atoms with E-state index in [1.165, 1.54) is 0 Å². The molecule has 3 rings (SSSR count). The molecule has 2 N–H and O–H groups in total. The Morgan fingerprint density at radius 2 is 2.00 bits per heavy atom. The van der Waals surface area contributed by atoms with Crippen LogP contribution in [0.2, 0.25) is 0 Å². The Morgan fingerprint density at radius 1 is 1.24 bits per heavy atom. The van der Waals surface area contributed by atoms with Gasteiger partial charge in [0, 0.05) is 25.2 Å². The summed E-state index contributed by atoms with van der Waals surface area (Å²) in [6, 6.07) is 6.64. The maximum Gasteiger partial charge on any atom is 0.247 e.